The lowest BCUT2D eigenvalue weighted by Gasteiger charge is -2.20. The summed E-state index contributed by atoms with van der Waals surface area (Å²) in [6.07, 6.45) is -6.33. The number of benzene rings is 4. The van der Waals surface area contributed by atoms with Gasteiger partial charge < -0.3 is 20.3 Å². The molecule has 0 spiro atoms. The number of rotatable bonds is 9. The number of methoxy groups -OCH3 is 1. The zero-order valence-corrected chi connectivity index (χ0v) is 23.2. The van der Waals surface area contributed by atoms with Crippen LogP contribution in [0.5, 0.6) is 11.5 Å². The monoisotopic (exact) mass is 598 g/mol. The van der Waals surface area contributed by atoms with E-state index < -0.39 is 35.1 Å². The van der Waals surface area contributed by atoms with Gasteiger partial charge in [0.25, 0.3) is 5.91 Å². The molecule has 0 radical (unpaired) electrons. The van der Waals surface area contributed by atoms with Crippen molar-refractivity contribution in [2.24, 2.45) is 5.73 Å². The number of carbonyl (C=O) groups is 1. The Morgan fingerprint density at radius 2 is 1.75 bits per heavy atom. The number of aliphatic hydroxyl groups excluding tert-OH is 1. The van der Waals surface area contributed by atoms with Crippen molar-refractivity contribution < 1.29 is 32.5 Å². The molecule has 11 heteroatoms. The predicted octanol–water partition coefficient (Wildman–Crippen LogP) is 6.20. The van der Waals surface area contributed by atoms with E-state index in [1.54, 1.807) is 18.2 Å². The quantitative estimate of drug-likeness (QED) is 0.208. The Hall–Kier alpha value is -5.60. The summed E-state index contributed by atoms with van der Waals surface area (Å²) in [7, 11) is 1.45. The number of nitrogens with two attached hydrogens (primary N) is 1. The van der Waals surface area contributed by atoms with Crippen molar-refractivity contribution in [3.63, 3.8) is 0 Å². The van der Waals surface area contributed by atoms with Crippen molar-refractivity contribution in [3.05, 3.63) is 131 Å². The molecule has 5 rings (SSSR count). The molecule has 222 valence electrons. The van der Waals surface area contributed by atoms with Gasteiger partial charge in [-0.1, -0.05) is 66.7 Å². The van der Waals surface area contributed by atoms with Crippen LogP contribution in [0.25, 0.3) is 16.8 Å². The fraction of sp³-hybridized carbons (Fsp3) is 0.121. The van der Waals surface area contributed by atoms with E-state index in [2.05, 4.69) is 5.10 Å². The zero-order valence-electron chi connectivity index (χ0n) is 23.2. The number of nitrogens with zero attached hydrogens (tertiary/aromatic N) is 3. The number of hydrogen-bond donors (Lipinski definition) is 2. The van der Waals surface area contributed by atoms with Crippen molar-refractivity contribution in [2.45, 2.75) is 18.9 Å². The number of nitriles is 1. The number of alkyl halides is 3. The first-order valence-corrected chi connectivity index (χ1v) is 13.2. The number of halogens is 3. The lowest BCUT2D eigenvalue weighted by molar-refractivity contribution is -0.140. The van der Waals surface area contributed by atoms with Gasteiger partial charge >= 0.3 is 6.18 Å². The lowest BCUT2D eigenvalue weighted by Crippen LogP contribution is -2.18. The molecular weight excluding hydrogens is 573 g/mol. The first-order valence-electron chi connectivity index (χ1n) is 13.2. The maximum Gasteiger partial charge on any atom is 0.435 e. The van der Waals surface area contributed by atoms with Gasteiger partial charge in [0.1, 0.15) is 18.4 Å². The van der Waals surface area contributed by atoms with Gasteiger partial charge in [0.15, 0.2) is 17.2 Å². The average molecular weight is 599 g/mol. The second-order valence-electron chi connectivity index (χ2n) is 9.69. The van der Waals surface area contributed by atoms with Crippen LogP contribution in [0.1, 0.15) is 44.5 Å². The third-order valence-electron chi connectivity index (χ3n) is 6.85. The third-order valence-corrected chi connectivity index (χ3v) is 6.85. The number of primary amides is 1. The van der Waals surface area contributed by atoms with Crippen molar-refractivity contribution in [3.8, 4) is 34.4 Å². The number of carbonyl (C=O) groups excluding carboxylic acids is 1. The van der Waals surface area contributed by atoms with Crippen LogP contribution in [0, 0.1) is 11.3 Å². The Balaban J connectivity index is 1.62. The van der Waals surface area contributed by atoms with Crippen molar-refractivity contribution >= 4 is 5.91 Å². The van der Waals surface area contributed by atoms with Crippen LogP contribution < -0.4 is 15.2 Å². The first-order chi connectivity index (χ1) is 21.1. The number of amides is 1. The Kier molecular flexibility index (Phi) is 8.37. The molecule has 1 heterocycles. The molecule has 1 aromatic heterocycles. The molecular formula is C33H25F3N4O4. The minimum absolute atomic E-state index is 0.0439. The predicted molar refractivity (Wildman–Crippen MR) is 155 cm³/mol. The van der Waals surface area contributed by atoms with Crippen LogP contribution in [-0.4, -0.2) is 27.9 Å². The smallest absolute Gasteiger partial charge is 0.435 e. The van der Waals surface area contributed by atoms with Crippen LogP contribution in [0.15, 0.2) is 97.1 Å². The third kappa shape index (κ3) is 5.97. The van der Waals surface area contributed by atoms with Gasteiger partial charge in [-0.25, -0.2) is 4.68 Å². The summed E-state index contributed by atoms with van der Waals surface area (Å²) in [6.45, 7) is 0.171. The standard InChI is InChI=1S/C33H25F3N4O4/c1-43-26-15-7-14-25(30(26)44-19-20-8-3-2-4-9-20)29(41)23-12-6-11-22(17-23)27-28(32(38)42)40(39-31(27)33(34,35)36)24-13-5-10-21(16-24)18-37/h2-17,29,41H,19H2,1H3,(H2,38,42). The minimum Gasteiger partial charge on any atom is -0.493 e. The van der Waals surface area contributed by atoms with E-state index in [1.165, 1.54) is 55.6 Å². The van der Waals surface area contributed by atoms with Gasteiger partial charge in [0.2, 0.25) is 0 Å². The Labute approximate surface area is 250 Å². The van der Waals surface area contributed by atoms with E-state index in [-0.39, 0.29) is 34.7 Å². The highest BCUT2D eigenvalue weighted by Gasteiger charge is 2.41. The van der Waals surface area contributed by atoms with E-state index >= 15 is 0 Å². The van der Waals surface area contributed by atoms with E-state index in [0.29, 0.717) is 11.3 Å². The molecule has 0 aliphatic heterocycles. The molecule has 4 aromatic carbocycles. The second kappa shape index (κ2) is 12.3. The maximum absolute atomic E-state index is 14.4. The highest BCUT2D eigenvalue weighted by atomic mass is 19.4. The number of ether oxygens (including phenoxy) is 2. The average Bonchev–Trinajstić information content (AvgIpc) is 3.46. The van der Waals surface area contributed by atoms with Gasteiger partial charge in [-0.3, -0.25) is 4.79 Å². The molecule has 0 saturated heterocycles. The summed E-state index contributed by atoms with van der Waals surface area (Å²) < 4.78 is 55.4. The highest BCUT2D eigenvalue weighted by molar-refractivity contribution is 5.99. The Bertz CT molecular complexity index is 1860. The molecule has 5 aromatic rings. The summed E-state index contributed by atoms with van der Waals surface area (Å²) in [4.78, 5) is 12.7. The van der Waals surface area contributed by atoms with Crippen molar-refractivity contribution in [2.75, 3.05) is 7.11 Å². The SMILES string of the molecule is COc1cccc(C(O)c2cccc(-c3c(C(F)(F)F)nn(-c4cccc(C#N)c4)c3C(N)=O)c2)c1OCc1ccccc1. The first kappa shape index (κ1) is 29.9. The minimum atomic E-state index is -4.97. The van der Waals surface area contributed by atoms with E-state index in [0.717, 1.165) is 10.2 Å². The molecule has 0 saturated carbocycles. The molecule has 1 atom stereocenters. The van der Waals surface area contributed by atoms with Crippen LogP contribution >= 0.6 is 0 Å². The molecule has 1 amide bonds. The van der Waals surface area contributed by atoms with Crippen LogP contribution in [0.2, 0.25) is 0 Å². The molecule has 8 nitrogen and oxygen atoms in total. The normalized spacial score (nSPS) is 11.9. The largest absolute Gasteiger partial charge is 0.493 e. The van der Waals surface area contributed by atoms with E-state index in [9.17, 15) is 28.3 Å². The molecule has 0 bridgehead atoms. The Morgan fingerprint density at radius 1 is 1.02 bits per heavy atom. The molecule has 1 unspecified atom stereocenters. The second-order valence-corrected chi connectivity index (χ2v) is 9.69. The number of aliphatic hydroxyl groups is 1. The van der Waals surface area contributed by atoms with Gasteiger partial charge in [-0.05, 0) is 47.0 Å². The topological polar surface area (TPSA) is 123 Å². The highest BCUT2D eigenvalue weighted by Crippen LogP contribution is 2.42. The van der Waals surface area contributed by atoms with Crippen LogP contribution in [-0.2, 0) is 12.8 Å². The summed E-state index contributed by atoms with van der Waals surface area (Å²) in [5, 5.41) is 24.5. The maximum atomic E-state index is 14.4. The fourth-order valence-corrected chi connectivity index (χ4v) is 4.85. The van der Waals surface area contributed by atoms with Crippen molar-refractivity contribution in [1.29, 1.82) is 5.26 Å². The molecule has 3 N–H and O–H groups in total. The fourth-order valence-electron chi connectivity index (χ4n) is 4.85. The van der Waals surface area contributed by atoms with Gasteiger partial charge in [-0.15, -0.1) is 0 Å². The number of para-hydroxylation sites is 1. The number of hydrogen-bond acceptors (Lipinski definition) is 6. The molecule has 44 heavy (non-hydrogen) atoms. The van der Waals surface area contributed by atoms with Gasteiger partial charge in [0, 0.05) is 11.1 Å². The summed E-state index contributed by atoms with van der Waals surface area (Å²) in [5.74, 6) is -0.554. The molecule has 0 aliphatic carbocycles. The van der Waals surface area contributed by atoms with Crippen LogP contribution in [0.4, 0.5) is 13.2 Å². The zero-order chi connectivity index (χ0) is 31.4. The Morgan fingerprint density at radius 3 is 2.43 bits per heavy atom. The van der Waals surface area contributed by atoms with Crippen LogP contribution in [0.3, 0.4) is 0 Å². The molecule has 0 fully saturated rings. The van der Waals surface area contributed by atoms with Gasteiger partial charge in [-0.2, -0.15) is 23.5 Å². The van der Waals surface area contributed by atoms with Crippen molar-refractivity contribution in [1.82, 2.24) is 9.78 Å². The summed E-state index contributed by atoms with van der Waals surface area (Å²) >= 11 is 0. The number of aromatic nitrogens is 2. The lowest BCUT2D eigenvalue weighted by atomic mass is 9.95. The molecule has 0 aliphatic rings. The van der Waals surface area contributed by atoms with Gasteiger partial charge in [0.05, 0.1) is 24.4 Å². The summed E-state index contributed by atoms with van der Waals surface area (Å²) in [6, 6.07) is 27.5. The van der Waals surface area contributed by atoms with E-state index in [4.69, 9.17) is 15.2 Å². The van der Waals surface area contributed by atoms with E-state index in [1.807, 2.05) is 36.4 Å². The summed E-state index contributed by atoms with van der Waals surface area (Å²) in [5.41, 5.74) is 4.71.